The molecule has 0 spiro atoms. The average Bonchev–Trinajstić information content (AvgIpc) is 2.35. The predicted octanol–water partition coefficient (Wildman–Crippen LogP) is 6.26. The van der Waals surface area contributed by atoms with Crippen molar-refractivity contribution in [2.45, 2.75) is 72.4 Å². The molecule has 0 aromatic heterocycles. The Kier molecular flexibility index (Phi) is 10.5. The van der Waals surface area contributed by atoms with Crippen molar-refractivity contribution in [3.63, 3.8) is 0 Å². The number of hydrogen-bond acceptors (Lipinski definition) is 2. The van der Waals surface area contributed by atoms with E-state index in [2.05, 4.69) is 52.1 Å². The van der Waals surface area contributed by atoms with Gasteiger partial charge in [0.05, 0.1) is 7.14 Å². The van der Waals surface area contributed by atoms with Crippen molar-refractivity contribution in [2.24, 2.45) is 0 Å². The van der Waals surface area contributed by atoms with Crippen LogP contribution in [0.5, 0.6) is 0 Å². The third-order valence-electron chi connectivity index (χ3n) is 4.44. The van der Waals surface area contributed by atoms with E-state index in [4.69, 9.17) is 0 Å². The molecule has 2 nitrogen and oxygen atoms in total. The molecular weight excluding hydrogens is 337 g/mol. The molecule has 4 heteroatoms. The Morgan fingerprint density at radius 1 is 1.08 bits per heavy atom. The molecule has 1 aromatic rings. The molecule has 1 N–H and O–H groups in total. The molecule has 0 fully saturated rings. The highest BCUT2D eigenvalue weighted by molar-refractivity contribution is 7.62. The number of nitrogens with one attached hydrogen (secondary N) is 1. The highest BCUT2D eigenvalue weighted by Gasteiger charge is 2.23. The van der Waals surface area contributed by atoms with Gasteiger partial charge in [-0.1, -0.05) is 43.9 Å². The lowest BCUT2D eigenvalue weighted by Gasteiger charge is -2.28. The number of rotatable bonds is 9. The first-order chi connectivity index (χ1) is 10.6. The van der Waals surface area contributed by atoms with Gasteiger partial charge in [0.1, 0.15) is 0 Å². The third kappa shape index (κ3) is 8.19. The van der Waals surface area contributed by atoms with Crippen LogP contribution >= 0.6 is 19.5 Å². The Balaban J connectivity index is 0.00000529. The summed E-state index contributed by atoms with van der Waals surface area (Å²) < 4.78 is 12.5. The van der Waals surface area contributed by atoms with Crippen molar-refractivity contribution in [1.82, 2.24) is 5.32 Å². The summed E-state index contributed by atoms with van der Waals surface area (Å²) in [5.74, 6) is 0. The summed E-state index contributed by atoms with van der Waals surface area (Å²) in [7, 11) is -2.09. The standard InChI is InChI=1S/C20H36NOP.ClH/c1-8-9-10-11-18(5)21-19(14-23(6,7)22)20-16(3)12-15(2)13-17(20)4;/h12-13,18-19,21H,8-11,14H2,1-7H3;1H. The van der Waals surface area contributed by atoms with E-state index in [9.17, 15) is 4.57 Å². The molecule has 0 aliphatic heterocycles. The van der Waals surface area contributed by atoms with Gasteiger partial charge in [0.25, 0.3) is 0 Å². The Morgan fingerprint density at radius 3 is 2.08 bits per heavy atom. The monoisotopic (exact) mass is 373 g/mol. The molecule has 0 radical (unpaired) electrons. The van der Waals surface area contributed by atoms with Crippen LogP contribution in [0, 0.1) is 20.8 Å². The van der Waals surface area contributed by atoms with E-state index in [-0.39, 0.29) is 18.4 Å². The molecular formula is C20H37ClNOP. The summed E-state index contributed by atoms with van der Waals surface area (Å²) in [5, 5.41) is 3.78. The lowest BCUT2D eigenvalue weighted by atomic mass is 9.94. The highest BCUT2D eigenvalue weighted by atomic mass is 35.5. The van der Waals surface area contributed by atoms with E-state index in [1.807, 2.05) is 13.3 Å². The molecule has 140 valence electrons. The molecule has 0 bridgehead atoms. The van der Waals surface area contributed by atoms with Gasteiger partial charge in [-0.25, -0.2) is 0 Å². The van der Waals surface area contributed by atoms with Crippen molar-refractivity contribution < 1.29 is 4.57 Å². The molecule has 0 saturated heterocycles. The van der Waals surface area contributed by atoms with Gasteiger partial charge in [-0.05, 0) is 64.1 Å². The topological polar surface area (TPSA) is 29.1 Å². The number of aryl methyl sites for hydroxylation is 3. The van der Waals surface area contributed by atoms with Crippen LogP contribution in [0.4, 0.5) is 0 Å². The van der Waals surface area contributed by atoms with Gasteiger partial charge < -0.3 is 9.88 Å². The van der Waals surface area contributed by atoms with Crippen LogP contribution in [-0.4, -0.2) is 25.5 Å². The summed E-state index contributed by atoms with van der Waals surface area (Å²) >= 11 is 0. The predicted molar refractivity (Wildman–Crippen MR) is 112 cm³/mol. The molecule has 1 aromatic carbocycles. The first-order valence-corrected chi connectivity index (χ1v) is 11.8. The second kappa shape index (κ2) is 10.6. The van der Waals surface area contributed by atoms with E-state index in [0.717, 1.165) is 6.16 Å². The minimum Gasteiger partial charge on any atom is -0.324 e. The molecule has 0 aliphatic rings. The summed E-state index contributed by atoms with van der Waals surface area (Å²) in [6.07, 6.45) is 5.73. The maximum atomic E-state index is 12.5. The van der Waals surface area contributed by atoms with Crippen molar-refractivity contribution in [3.05, 3.63) is 34.4 Å². The number of halogens is 1. The zero-order valence-corrected chi connectivity index (χ0v) is 18.3. The maximum Gasteiger partial charge on any atom is 0.0837 e. The zero-order chi connectivity index (χ0) is 17.6. The van der Waals surface area contributed by atoms with Crippen molar-refractivity contribution in [3.8, 4) is 0 Å². The second-order valence-corrected chi connectivity index (χ2v) is 11.2. The van der Waals surface area contributed by atoms with Gasteiger partial charge in [-0.3, -0.25) is 0 Å². The SMILES string of the molecule is CCCCCC(C)NC(CP(C)(C)=O)c1c(C)cc(C)cc1C.Cl. The van der Waals surface area contributed by atoms with Crippen molar-refractivity contribution in [1.29, 1.82) is 0 Å². The molecule has 0 saturated carbocycles. The fraction of sp³-hybridized carbons (Fsp3) is 0.700. The third-order valence-corrected chi connectivity index (χ3v) is 5.68. The van der Waals surface area contributed by atoms with Crippen molar-refractivity contribution in [2.75, 3.05) is 19.5 Å². The number of unbranched alkanes of at least 4 members (excludes halogenated alkanes) is 2. The fourth-order valence-electron chi connectivity index (χ4n) is 3.54. The lowest BCUT2D eigenvalue weighted by molar-refractivity contribution is 0.437. The van der Waals surface area contributed by atoms with Gasteiger partial charge in [0, 0.05) is 18.2 Å². The Bertz CT molecular complexity index is 530. The smallest absolute Gasteiger partial charge is 0.0837 e. The molecule has 2 unspecified atom stereocenters. The van der Waals surface area contributed by atoms with Crippen LogP contribution < -0.4 is 5.32 Å². The van der Waals surface area contributed by atoms with Crippen LogP contribution in [0.3, 0.4) is 0 Å². The molecule has 2 atom stereocenters. The molecule has 0 aliphatic carbocycles. The summed E-state index contributed by atoms with van der Waals surface area (Å²) in [5.41, 5.74) is 5.28. The number of hydrogen-bond donors (Lipinski definition) is 1. The maximum absolute atomic E-state index is 12.5. The van der Waals surface area contributed by atoms with E-state index in [1.165, 1.54) is 47.9 Å². The first kappa shape index (κ1) is 23.7. The van der Waals surface area contributed by atoms with Crippen LogP contribution in [0.15, 0.2) is 12.1 Å². The highest BCUT2D eigenvalue weighted by Crippen LogP contribution is 2.41. The summed E-state index contributed by atoms with van der Waals surface area (Å²) in [6.45, 7) is 14.8. The van der Waals surface area contributed by atoms with E-state index in [1.54, 1.807) is 0 Å². The van der Waals surface area contributed by atoms with E-state index in [0.29, 0.717) is 6.04 Å². The second-order valence-electron chi connectivity index (χ2n) is 7.68. The first-order valence-electron chi connectivity index (χ1n) is 9.01. The zero-order valence-electron chi connectivity index (χ0n) is 16.6. The average molecular weight is 374 g/mol. The molecule has 24 heavy (non-hydrogen) atoms. The van der Waals surface area contributed by atoms with Crippen LogP contribution in [0.1, 0.15) is 67.8 Å². The summed E-state index contributed by atoms with van der Waals surface area (Å²) in [4.78, 5) is 0. The Labute approximate surface area is 156 Å². The number of benzene rings is 1. The van der Waals surface area contributed by atoms with Gasteiger partial charge in [-0.15, -0.1) is 12.4 Å². The molecule has 1 rings (SSSR count). The summed E-state index contributed by atoms with van der Waals surface area (Å²) in [6, 6.07) is 5.13. The normalized spacial score (nSPS) is 14.1. The van der Waals surface area contributed by atoms with Crippen molar-refractivity contribution >= 4 is 19.5 Å². The van der Waals surface area contributed by atoms with E-state index >= 15 is 0 Å². The Hall–Kier alpha value is -0.300. The van der Waals surface area contributed by atoms with Gasteiger partial charge in [0.2, 0.25) is 0 Å². The van der Waals surface area contributed by atoms with E-state index < -0.39 is 7.14 Å². The van der Waals surface area contributed by atoms with Gasteiger partial charge in [0.15, 0.2) is 0 Å². The van der Waals surface area contributed by atoms with Gasteiger partial charge >= 0.3 is 0 Å². The minimum atomic E-state index is -2.09. The van der Waals surface area contributed by atoms with Crippen LogP contribution in [-0.2, 0) is 4.57 Å². The quantitative estimate of drug-likeness (QED) is 0.409. The fourth-order valence-corrected chi connectivity index (χ4v) is 4.70. The minimum absolute atomic E-state index is 0. The lowest BCUT2D eigenvalue weighted by Crippen LogP contribution is -2.33. The largest absolute Gasteiger partial charge is 0.324 e. The van der Waals surface area contributed by atoms with Crippen LogP contribution in [0.25, 0.3) is 0 Å². The van der Waals surface area contributed by atoms with Gasteiger partial charge in [-0.2, -0.15) is 0 Å². The molecule has 0 amide bonds. The van der Waals surface area contributed by atoms with Crippen LogP contribution in [0.2, 0.25) is 0 Å². The Morgan fingerprint density at radius 2 is 1.62 bits per heavy atom. The molecule has 0 heterocycles.